The number of carbonyl (C=O) groups is 1. The lowest BCUT2D eigenvalue weighted by molar-refractivity contribution is -0.142. The van der Waals surface area contributed by atoms with E-state index >= 15 is 0 Å². The molecule has 0 aliphatic carbocycles. The molecule has 0 saturated heterocycles. The number of ether oxygens (including phenoxy) is 3. The van der Waals surface area contributed by atoms with Crippen LogP contribution in [-0.4, -0.2) is 36.5 Å². The van der Waals surface area contributed by atoms with E-state index in [-0.39, 0.29) is 17.9 Å². The average Bonchev–Trinajstić information content (AvgIpc) is 3.18. The van der Waals surface area contributed by atoms with Gasteiger partial charge in [0.2, 0.25) is 0 Å². The van der Waals surface area contributed by atoms with Crippen molar-refractivity contribution in [1.82, 2.24) is 0 Å². The summed E-state index contributed by atoms with van der Waals surface area (Å²) in [6, 6.07) is 16.3. The molecule has 0 atom stereocenters. The topological polar surface area (TPSA) is 83.1 Å². The van der Waals surface area contributed by atoms with Crippen molar-refractivity contribution in [3.05, 3.63) is 76.3 Å². The molecular formula is C32H36N2O4. The number of nitrogen functional groups attached to an aromatic ring is 1. The van der Waals surface area contributed by atoms with Crippen molar-refractivity contribution in [2.24, 2.45) is 4.99 Å². The minimum Gasteiger partial charge on any atom is -0.493 e. The van der Waals surface area contributed by atoms with Gasteiger partial charge in [-0.2, -0.15) is 0 Å². The highest BCUT2D eigenvalue weighted by Crippen LogP contribution is 2.50. The van der Waals surface area contributed by atoms with Crippen LogP contribution in [0.3, 0.4) is 0 Å². The number of methoxy groups -OCH3 is 1. The third-order valence-corrected chi connectivity index (χ3v) is 7.17. The average molecular weight is 513 g/mol. The number of hydrogen-bond donors (Lipinski definition) is 1. The van der Waals surface area contributed by atoms with Crippen LogP contribution in [0.4, 0.5) is 5.69 Å². The van der Waals surface area contributed by atoms with Gasteiger partial charge in [-0.1, -0.05) is 30.3 Å². The molecule has 2 aliphatic rings. The molecule has 6 heteroatoms. The minimum absolute atomic E-state index is 0.116. The molecule has 198 valence electrons. The molecule has 0 spiro atoms. The molecule has 0 saturated carbocycles. The van der Waals surface area contributed by atoms with E-state index in [4.69, 9.17) is 24.9 Å². The third-order valence-electron chi connectivity index (χ3n) is 7.17. The van der Waals surface area contributed by atoms with Gasteiger partial charge in [0.1, 0.15) is 5.60 Å². The van der Waals surface area contributed by atoms with Crippen LogP contribution in [0.15, 0.2) is 53.5 Å². The molecule has 38 heavy (non-hydrogen) atoms. The number of benzene rings is 3. The van der Waals surface area contributed by atoms with Gasteiger partial charge < -0.3 is 19.9 Å². The number of anilines is 1. The van der Waals surface area contributed by atoms with Crippen molar-refractivity contribution < 1.29 is 19.0 Å². The normalized spacial score (nSPS) is 16.6. The van der Waals surface area contributed by atoms with Crippen LogP contribution < -0.4 is 15.2 Å². The maximum atomic E-state index is 12.8. The van der Waals surface area contributed by atoms with E-state index in [1.807, 2.05) is 31.2 Å². The Labute approximate surface area is 224 Å². The van der Waals surface area contributed by atoms with Gasteiger partial charge in [-0.05, 0) is 75.9 Å². The summed E-state index contributed by atoms with van der Waals surface area (Å²) in [5.41, 5.74) is 14.0. The Bertz CT molecular complexity index is 1430. The first kappa shape index (κ1) is 25.8. The summed E-state index contributed by atoms with van der Waals surface area (Å²) < 4.78 is 17.8. The fourth-order valence-electron chi connectivity index (χ4n) is 5.67. The van der Waals surface area contributed by atoms with Gasteiger partial charge in [0.05, 0.1) is 31.4 Å². The number of nitrogens with zero attached hydrogens (tertiary/aromatic N) is 1. The van der Waals surface area contributed by atoms with Crippen LogP contribution in [0.2, 0.25) is 0 Å². The van der Waals surface area contributed by atoms with E-state index in [1.54, 1.807) is 7.11 Å². The van der Waals surface area contributed by atoms with E-state index in [2.05, 4.69) is 52.0 Å². The van der Waals surface area contributed by atoms with Crippen molar-refractivity contribution in [2.75, 3.05) is 19.5 Å². The van der Waals surface area contributed by atoms with Crippen LogP contribution in [0.5, 0.6) is 11.5 Å². The number of hydrogen-bond acceptors (Lipinski definition) is 6. The molecule has 0 aromatic heterocycles. The van der Waals surface area contributed by atoms with Crippen molar-refractivity contribution in [3.8, 4) is 22.6 Å². The highest BCUT2D eigenvalue weighted by molar-refractivity contribution is 6.17. The first-order valence-electron chi connectivity index (χ1n) is 13.2. The third kappa shape index (κ3) is 4.75. The Balaban J connectivity index is 1.75. The SMILES string of the molecule is CCOC(=O)Cc1c2c(c3c(c1OC)OC(C)(C)C3)C(c1cccc(-c3ccc(N)cc3)c1)=NC(C)(C)C2. The summed E-state index contributed by atoms with van der Waals surface area (Å²) in [5.74, 6) is 1.06. The first-order valence-corrected chi connectivity index (χ1v) is 13.2. The fraction of sp³-hybridized carbons (Fsp3) is 0.375. The maximum absolute atomic E-state index is 12.8. The molecule has 3 aromatic rings. The highest BCUT2D eigenvalue weighted by atomic mass is 16.5. The maximum Gasteiger partial charge on any atom is 0.310 e. The Morgan fingerprint density at radius 2 is 1.71 bits per heavy atom. The second-order valence-corrected chi connectivity index (χ2v) is 11.3. The lowest BCUT2D eigenvalue weighted by atomic mass is 9.78. The van der Waals surface area contributed by atoms with Crippen molar-refractivity contribution in [1.29, 1.82) is 0 Å². The zero-order valence-electron chi connectivity index (χ0n) is 23.1. The molecule has 0 unspecified atom stereocenters. The summed E-state index contributed by atoms with van der Waals surface area (Å²) in [5, 5.41) is 0. The number of rotatable bonds is 6. The highest BCUT2D eigenvalue weighted by Gasteiger charge is 2.42. The largest absolute Gasteiger partial charge is 0.493 e. The van der Waals surface area contributed by atoms with Crippen LogP contribution in [0.25, 0.3) is 11.1 Å². The first-order chi connectivity index (χ1) is 18.0. The van der Waals surface area contributed by atoms with Crippen molar-refractivity contribution in [3.63, 3.8) is 0 Å². The molecule has 0 bridgehead atoms. The molecule has 5 rings (SSSR count). The zero-order valence-corrected chi connectivity index (χ0v) is 23.1. The summed E-state index contributed by atoms with van der Waals surface area (Å²) in [7, 11) is 1.64. The van der Waals surface area contributed by atoms with Gasteiger partial charge in [-0.25, -0.2) is 0 Å². The van der Waals surface area contributed by atoms with E-state index in [0.29, 0.717) is 24.5 Å². The second-order valence-electron chi connectivity index (χ2n) is 11.3. The lowest BCUT2D eigenvalue weighted by Crippen LogP contribution is -2.32. The molecular weight excluding hydrogens is 476 g/mol. The molecule has 2 N–H and O–H groups in total. The molecule has 6 nitrogen and oxygen atoms in total. The Morgan fingerprint density at radius 1 is 1.00 bits per heavy atom. The zero-order chi connectivity index (χ0) is 27.2. The molecule has 0 amide bonds. The minimum atomic E-state index is -0.407. The van der Waals surface area contributed by atoms with Gasteiger partial charge in [0, 0.05) is 34.4 Å². The van der Waals surface area contributed by atoms with Crippen molar-refractivity contribution >= 4 is 17.4 Å². The molecule has 0 radical (unpaired) electrons. The Hall–Kier alpha value is -3.80. The summed E-state index contributed by atoms with van der Waals surface area (Å²) in [6.07, 6.45) is 1.52. The molecule has 3 aromatic carbocycles. The predicted octanol–water partition coefficient (Wildman–Crippen LogP) is 5.94. The number of aliphatic imine (C=N–C) groups is 1. The quantitative estimate of drug-likeness (QED) is 0.327. The number of nitrogens with two attached hydrogens (primary N) is 1. The summed E-state index contributed by atoms with van der Waals surface area (Å²) >= 11 is 0. The van der Waals surface area contributed by atoms with Crippen LogP contribution in [-0.2, 0) is 28.8 Å². The van der Waals surface area contributed by atoms with Crippen LogP contribution >= 0.6 is 0 Å². The van der Waals surface area contributed by atoms with Gasteiger partial charge in [0.25, 0.3) is 0 Å². The van der Waals surface area contributed by atoms with Gasteiger partial charge >= 0.3 is 5.97 Å². The molecule has 0 fully saturated rings. The Kier molecular flexibility index (Phi) is 6.46. The fourth-order valence-corrected chi connectivity index (χ4v) is 5.67. The van der Waals surface area contributed by atoms with E-state index in [1.165, 1.54) is 0 Å². The van der Waals surface area contributed by atoms with Gasteiger partial charge in [0.15, 0.2) is 11.5 Å². The summed E-state index contributed by atoms with van der Waals surface area (Å²) in [6.45, 7) is 10.6. The molecule has 2 heterocycles. The molecule has 2 aliphatic heterocycles. The lowest BCUT2D eigenvalue weighted by Gasteiger charge is -2.33. The monoisotopic (exact) mass is 512 g/mol. The van der Waals surface area contributed by atoms with Crippen molar-refractivity contribution in [2.45, 2.75) is 65.0 Å². The van der Waals surface area contributed by atoms with Crippen LogP contribution in [0.1, 0.15) is 62.4 Å². The van der Waals surface area contributed by atoms with Crippen LogP contribution in [0, 0.1) is 0 Å². The standard InChI is InChI=1S/C32H36N2O4/c1-7-37-26(35)16-23-24-17-31(2,3)34-28(27(24)25-18-32(4,5)38-30(25)29(23)36-6)21-10-8-9-20(15-21)19-11-13-22(33)14-12-19/h8-15H,7,16-18,33H2,1-6H3. The van der Waals surface area contributed by atoms with E-state index < -0.39 is 5.60 Å². The number of fused-ring (bicyclic) bond motifs is 3. The smallest absolute Gasteiger partial charge is 0.310 e. The second kappa shape index (κ2) is 9.50. The van der Waals surface area contributed by atoms with E-state index in [9.17, 15) is 4.79 Å². The number of esters is 1. The predicted molar refractivity (Wildman–Crippen MR) is 151 cm³/mol. The summed E-state index contributed by atoms with van der Waals surface area (Å²) in [4.78, 5) is 18.1. The van der Waals surface area contributed by atoms with Gasteiger partial charge in [-0.3, -0.25) is 9.79 Å². The number of carbonyl (C=O) groups excluding carboxylic acids is 1. The van der Waals surface area contributed by atoms with E-state index in [0.717, 1.165) is 56.8 Å². The van der Waals surface area contributed by atoms with Gasteiger partial charge in [-0.15, -0.1) is 0 Å². The Morgan fingerprint density at radius 3 is 2.39 bits per heavy atom.